The Morgan fingerprint density at radius 2 is 1.85 bits per heavy atom. The number of piperidine rings is 1. The van der Waals surface area contributed by atoms with Crippen molar-refractivity contribution in [3.8, 4) is 17.2 Å². The number of hydrogen-bond donors (Lipinski definition) is 2. The number of methoxy groups -OCH3 is 3. The van der Waals surface area contributed by atoms with E-state index >= 15 is 0 Å². The summed E-state index contributed by atoms with van der Waals surface area (Å²) in [4.78, 5) is 14.1. The van der Waals surface area contributed by atoms with Crippen molar-refractivity contribution in [1.82, 2.24) is 10.2 Å². The second-order valence-corrected chi connectivity index (χ2v) is 6.50. The zero-order chi connectivity index (χ0) is 18.9. The Morgan fingerprint density at radius 3 is 2.41 bits per heavy atom. The molecule has 1 heterocycles. The first-order valence-corrected chi connectivity index (χ1v) is 9.12. The van der Waals surface area contributed by atoms with Gasteiger partial charge in [-0.3, -0.25) is 9.69 Å². The number of rotatable bonds is 9. The van der Waals surface area contributed by atoms with Gasteiger partial charge in [-0.2, -0.15) is 0 Å². The highest BCUT2D eigenvalue weighted by Crippen LogP contribution is 2.38. The van der Waals surface area contributed by atoms with Gasteiger partial charge in [-0.25, -0.2) is 0 Å². The number of nitrogens with two attached hydrogens (primary N) is 1. The molecule has 0 bridgehead atoms. The van der Waals surface area contributed by atoms with Crippen molar-refractivity contribution in [2.45, 2.75) is 38.3 Å². The number of hydrogen-bond acceptors (Lipinski definition) is 6. The molecule has 8 heteroatoms. The molecule has 0 aromatic heterocycles. The molecule has 1 aliphatic rings. The highest BCUT2D eigenvalue weighted by molar-refractivity contribution is 5.85. The monoisotopic (exact) mass is 401 g/mol. The van der Waals surface area contributed by atoms with Gasteiger partial charge in [-0.05, 0) is 37.1 Å². The number of ether oxygens (including phenoxy) is 3. The minimum Gasteiger partial charge on any atom is -0.493 e. The fraction of sp³-hybridized carbons (Fsp3) is 0.632. The van der Waals surface area contributed by atoms with Gasteiger partial charge in [0.1, 0.15) is 0 Å². The largest absolute Gasteiger partial charge is 0.493 e. The van der Waals surface area contributed by atoms with Crippen LogP contribution in [0.5, 0.6) is 17.2 Å². The predicted octanol–water partition coefficient (Wildman–Crippen LogP) is 1.95. The Hall–Kier alpha value is -1.70. The summed E-state index contributed by atoms with van der Waals surface area (Å²) in [6, 6.07) is 4.30. The molecule has 1 unspecified atom stereocenters. The Morgan fingerprint density at radius 1 is 1.19 bits per heavy atom. The molecule has 7 nitrogen and oxygen atoms in total. The molecule has 0 aliphatic carbocycles. The molecule has 0 radical (unpaired) electrons. The van der Waals surface area contributed by atoms with Crippen LogP contribution in [0.4, 0.5) is 0 Å². The summed E-state index contributed by atoms with van der Waals surface area (Å²) in [5.74, 6) is 1.94. The van der Waals surface area contributed by atoms with Crippen molar-refractivity contribution < 1.29 is 19.0 Å². The van der Waals surface area contributed by atoms with Crippen LogP contribution in [0.2, 0.25) is 0 Å². The van der Waals surface area contributed by atoms with E-state index in [4.69, 9.17) is 19.9 Å². The van der Waals surface area contributed by atoms with E-state index in [1.807, 2.05) is 12.1 Å². The molecule has 3 N–H and O–H groups in total. The first-order chi connectivity index (χ1) is 12.6. The van der Waals surface area contributed by atoms with E-state index < -0.39 is 0 Å². The van der Waals surface area contributed by atoms with Gasteiger partial charge >= 0.3 is 0 Å². The zero-order valence-corrected chi connectivity index (χ0v) is 17.3. The highest BCUT2D eigenvalue weighted by atomic mass is 35.5. The van der Waals surface area contributed by atoms with Crippen molar-refractivity contribution >= 4 is 18.3 Å². The van der Waals surface area contributed by atoms with E-state index in [9.17, 15) is 4.79 Å². The predicted molar refractivity (Wildman–Crippen MR) is 108 cm³/mol. The molecule has 1 aromatic carbocycles. The number of carbonyl (C=O) groups excluding carboxylic acids is 1. The van der Waals surface area contributed by atoms with Gasteiger partial charge in [-0.15, -0.1) is 12.4 Å². The second kappa shape index (κ2) is 11.9. The Balaban J connectivity index is 0.00000364. The third-order valence-corrected chi connectivity index (χ3v) is 4.77. The highest BCUT2D eigenvalue weighted by Gasteiger charge is 2.24. The number of nitrogens with zero attached hydrogens (tertiary/aromatic N) is 1. The lowest BCUT2D eigenvalue weighted by atomic mass is 10.0. The van der Waals surface area contributed by atoms with Gasteiger partial charge in [0.15, 0.2) is 11.5 Å². The van der Waals surface area contributed by atoms with Gasteiger partial charge in [-0.1, -0.05) is 6.42 Å². The third kappa shape index (κ3) is 6.45. The van der Waals surface area contributed by atoms with Gasteiger partial charge in [0.2, 0.25) is 11.7 Å². The van der Waals surface area contributed by atoms with Crippen LogP contribution in [0.1, 0.15) is 31.2 Å². The molecule has 0 saturated carbocycles. The minimum absolute atomic E-state index is 0. The smallest absolute Gasteiger partial charge is 0.221 e. The molecule has 154 valence electrons. The summed E-state index contributed by atoms with van der Waals surface area (Å²) in [6.07, 6.45) is 3.80. The van der Waals surface area contributed by atoms with Gasteiger partial charge in [0.25, 0.3) is 0 Å². The van der Waals surface area contributed by atoms with Crippen molar-refractivity contribution in [3.63, 3.8) is 0 Å². The first kappa shape index (κ1) is 23.3. The second-order valence-electron chi connectivity index (χ2n) is 6.50. The van der Waals surface area contributed by atoms with Gasteiger partial charge in [0.05, 0.1) is 21.3 Å². The van der Waals surface area contributed by atoms with Crippen molar-refractivity contribution in [1.29, 1.82) is 0 Å². The fourth-order valence-electron chi connectivity index (χ4n) is 3.41. The molecule has 27 heavy (non-hydrogen) atoms. The maximum absolute atomic E-state index is 11.7. The number of amides is 1. The summed E-state index contributed by atoms with van der Waals surface area (Å²) in [7, 11) is 4.85. The maximum atomic E-state index is 11.7. The standard InChI is InChI=1S/C19H31N3O4.ClH/c1-24-16-10-14(11-17(25-2)19(16)26-3)13-22-9-5-4-6-15(22)12-21-18(23)7-8-20;/h10-11,15H,4-9,12-13,20H2,1-3H3,(H,21,23);1H. The van der Waals surface area contributed by atoms with Crippen LogP contribution >= 0.6 is 12.4 Å². The van der Waals surface area contributed by atoms with Gasteiger partial charge < -0.3 is 25.3 Å². The Kier molecular flexibility index (Phi) is 10.3. The molecule has 1 aliphatic heterocycles. The van der Waals surface area contributed by atoms with E-state index in [2.05, 4.69) is 10.2 Å². The van der Waals surface area contributed by atoms with Crippen molar-refractivity contribution in [2.24, 2.45) is 5.73 Å². The number of likely N-dealkylation sites (tertiary alicyclic amines) is 1. The number of halogens is 1. The average molecular weight is 402 g/mol. The average Bonchev–Trinajstić information content (AvgIpc) is 2.66. The molecular weight excluding hydrogens is 370 g/mol. The number of carbonyl (C=O) groups is 1. The normalized spacial score (nSPS) is 17.0. The molecule has 1 saturated heterocycles. The summed E-state index contributed by atoms with van der Waals surface area (Å²) in [5.41, 5.74) is 6.54. The van der Waals surface area contributed by atoms with E-state index in [1.54, 1.807) is 21.3 Å². The van der Waals surface area contributed by atoms with Crippen LogP contribution in [-0.4, -0.2) is 57.8 Å². The van der Waals surface area contributed by atoms with Crippen LogP contribution < -0.4 is 25.3 Å². The van der Waals surface area contributed by atoms with E-state index in [-0.39, 0.29) is 18.3 Å². The number of benzene rings is 1. The quantitative estimate of drug-likeness (QED) is 0.657. The van der Waals surface area contributed by atoms with Crippen LogP contribution in [0, 0.1) is 0 Å². The zero-order valence-electron chi connectivity index (χ0n) is 16.5. The third-order valence-electron chi connectivity index (χ3n) is 4.77. The summed E-state index contributed by atoms with van der Waals surface area (Å²) in [5, 5.41) is 3.00. The van der Waals surface area contributed by atoms with Crippen molar-refractivity contribution in [2.75, 3.05) is 41.0 Å². The van der Waals surface area contributed by atoms with E-state index in [1.165, 1.54) is 6.42 Å². The Labute approximate surface area is 167 Å². The van der Waals surface area contributed by atoms with E-state index in [0.717, 1.165) is 31.5 Å². The topological polar surface area (TPSA) is 86.1 Å². The molecule has 1 aromatic rings. The lowest BCUT2D eigenvalue weighted by molar-refractivity contribution is -0.121. The van der Waals surface area contributed by atoms with Crippen LogP contribution in [-0.2, 0) is 11.3 Å². The molecule has 2 rings (SSSR count). The molecule has 1 fully saturated rings. The minimum atomic E-state index is 0. The lowest BCUT2D eigenvalue weighted by Gasteiger charge is -2.36. The summed E-state index contributed by atoms with van der Waals surface area (Å²) in [6.45, 7) is 2.82. The van der Waals surface area contributed by atoms with Crippen LogP contribution in [0.25, 0.3) is 0 Å². The van der Waals surface area contributed by atoms with E-state index in [0.29, 0.717) is 42.8 Å². The lowest BCUT2D eigenvalue weighted by Crippen LogP contribution is -2.46. The maximum Gasteiger partial charge on any atom is 0.221 e. The summed E-state index contributed by atoms with van der Waals surface area (Å²) < 4.78 is 16.3. The Bertz CT molecular complexity index is 575. The molecule has 1 amide bonds. The molecular formula is C19H32ClN3O4. The summed E-state index contributed by atoms with van der Waals surface area (Å²) >= 11 is 0. The SMILES string of the molecule is COc1cc(CN2CCCCC2CNC(=O)CCN)cc(OC)c1OC.Cl. The number of nitrogens with one attached hydrogen (secondary N) is 1. The van der Waals surface area contributed by atoms with Crippen molar-refractivity contribution in [3.05, 3.63) is 17.7 Å². The molecule has 0 spiro atoms. The molecule has 1 atom stereocenters. The van der Waals surface area contributed by atoms with Gasteiger partial charge in [0, 0.05) is 32.1 Å². The van der Waals surface area contributed by atoms with Crippen LogP contribution in [0.3, 0.4) is 0 Å². The first-order valence-electron chi connectivity index (χ1n) is 9.12. The fourth-order valence-corrected chi connectivity index (χ4v) is 3.41. The van der Waals surface area contributed by atoms with Crippen LogP contribution in [0.15, 0.2) is 12.1 Å².